The second-order valence-electron chi connectivity index (χ2n) is 3.78. The molecule has 0 atom stereocenters. The summed E-state index contributed by atoms with van der Waals surface area (Å²) in [6.45, 7) is 0.243. The standard InChI is InChI=1S/C11H11Cl2N3O2S/c12-9-2-1-3-10(11(9)13)19(17,18)16-5-4-8-6-14-7-15-8/h1-3,6-7,16H,4-5H2,(H,14,15). The smallest absolute Gasteiger partial charge is 0.242 e. The molecule has 1 heterocycles. The Hall–Kier alpha value is -1.08. The van der Waals surface area contributed by atoms with E-state index in [4.69, 9.17) is 23.2 Å². The Bertz CT molecular complexity index is 657. The van der Waals surface area contributed by atoms with E-state index in [2.05, 4.69) is 14.7 Å². The van der Waals surface area contributed by atoms with Gasteiger partial charge in [0.05, 0.1) is 16.4 Å². The molecular formula is C11H11Cl2N3O2S. The van der Waals surface area contributed by atoms with Gasteiger partial charge in [0.25, 0.3) is 0 Å². The maximum atomic E-state index is 12.1. The van der Waals surface area contributed by atoms with Gasteiger partial charge in [0.1, 0.15) is 4.90 Å². The summed E-state index contributed by atoms with van der Waals surface area (Å²) < 4.78 is 26.6. The Morgan fingerprint density at radius 3 is 2.79 bits per heavy atom. The molecule has 0 spiro atoms. The second-order valence-corrected chi connectivity index (χ2v) is 6.30. The van der Waals surface area contributed by atoms with Gasteiger partial charge in [-0.2, -0.15) is 0 Å². The molecule has 0 fully saturated rings. The Labute approximate surface area is 121 Å². The number of aromatic amines is 1. The third-order valence-corrected chi connectivity index (χ3v) is 4.88. The molecule has 0 unspecified atom stereocenters. The highest BCUT2D eigenvalue weighted by Crippen LogP contribution is 2.28. The fourth-order valence-electron chi connectivity index (χ4n) is 1.51. The van der Waals surface area contributed by atoms with E-state index < -0.39 is 10.0 Å². The van der Waals surface area contributed by atoms with Gasteiger partial charge in [-0.25, -0.2) is 18.1 Å². The third kappa shape index (κ3) is 3.48. The Morgan fingerprint density at radius 1 is 1.32 bits per heavy atom. The number of halogens is 2. The number of rotatable bonds is 5. The predicted octanol–water partition coefficient (Wildman–Crippen LogP) is 2.24. The average Bonchev–Trinajstić information content (AvgIpc) is 2.85. The highest BCUT2D eigenvalue weighted by Gasteiger charge is 2.18. The van der Waals surface area contributed by atoms with E-state index in [1.54, 1.807) is 6.20 Å². The number of H-pyrrole nitrogens is 1. The van der Waals surface area contributed by atoms with Crippen molar-refractivity contribution in [3.63, 3.8) is 0 Å². The fourth-order valence-corrected chi connectivity index (χ4v) is 3.30. The lowest BCUT2D eigenvalue weighted by atomic mass is 10.3. The van der Waals surface area contributed by atoms with Gasteiger partial charge in [0.2, 0.25) is 10.0 Å². The van der Waals surface area contributed by atoms with Gasteiger partial charge in [0, 0.05) is 24.9 Å². The SMILES string of the molecule is O=S(=O)(NCCc1cnc[nH]1)c1cccc(Cl)c1Cl. The summed E-state index contributed by atoms with van der Waals surface area (Å²) in [5.74, 6) is 0. The van der Waals surface area contributed by atoms with Crippen LogP contribution in [0.4, 0.5) is 0 Å². The van der Waals surface area contributed by atoms with Crippen LogP contribution in [0, 0.1) is 0 Å². The Morgan fingerprint density at radius 2 is 2.11 bits per heavy atom. The number of benzene rings is 1. The molecule has 0 aliphatic carbocycles. The van der Waals surface area contributed by atoms with Crippen LogP contribution in [0.1, 0.15) is 5.69 Å². The number of hydrogen-bond donors (Lipinski definition) is 2. The molecule has 0 aliphatic rings. The maximum absolute atomic E-state index is 12.1. The van der Waals surface area contributed by atoms with E-state index in [0.717, 1.165) is 5.69 Å². The number of nitrogens with zero attached hydrogens (tertiary/aromatic N) is 1. The van der Waals surface area contributed by atoms with E-state index in [0.29, 0.717) is 6.42 Å². The van der Waals surface area contributed by atoms with Crippen molar-refractivity contribution in [2.24, 2.45) is 0 Å². The monoisotopic (exact) mass is 319 g/mol. The van der Waals surface area contributed by atoms with Crippen molar-refractivity contribution in [3.8, 4) is 0 Å². The molecule has 2 aromatic rings. The molecule has 2 rings (SSSR count). The average molecular weight is 320 g/mol. The minimum Gasteiger partial charge on any atom is -0.348 e. The van der Waals surface area contributed by atoms with Crippen molar-refractivity contribution in [1.29, 1.82) is 0 Å². The minimum atomic E-state index is -3.67. The first kappa shape index (κ1) is 14.3. The molecule has 0 bridgehead atoms. The number of aromatic nitrogens is 2. The first-order valence-electron chi connectivity index (χ1n) is 5.41. The van der Waals surface area contributed by atoms with Gasteiger partial charge in [-0.1, -0.05) is 29.3 Å². The van der Waals surface area contributed by atoms with Crippen LogP contribution in [-0.4, -0.2) is 24.9 Å². The van der Waals surface area contributed by atoms with Crippen molar-refractivity contribution in [2.75, 3.05) is 6.54 Å². The van der Waals surface area contributed by atoms with E-state index in [1.807, 2.05) is 0 Å². The van der Waals surface area contributed by atoms with Crippen molar-refractivity contribution in [1.82, 2.24) is 14.7 Å². The maximum Gasteiger partial charge on any atom is 0.242 e. The number of sulfonamides is 1. The van der Waals surface area contributed by atoms with Crippen LogP contribution in [0.2, 0.25) is 10.0 Å². The summed E-state index contributed by atoms with van der Waals surface area (Å²) in [5, 5.41) is 0.233. The summed E-state index contributed by atoms with van der Waals surface area (Å²) >= 11 is 11.7. The molecule has 102 valence electrons. The van der Waals surface area contributed by atoms with E-state index >= 15 is 0 Å². The molecule has 1 aromatic heterocycles. The molecule has 2 N–H and O–H groups in total. The summed E-state index contributed by atoms with van der Waals surface area (Å²) in [5.41, 5.74) is 0.847. The van der Waals surface area contributed by atoms with Gasteiger partial charge >= 0.3 is 0 Å². The molecule has 5 nitrogen and oxygen atoms in total. The van der Waals surface area contributed by atoms with Crippen LogP contribution in [0.15, 0.2) is 35.6 Å². The minimum absolute atomic E-state index is 0.0220. The van der Waals surface area contributed by atoms with Crippen molar-refractivity contribution in [3.05, 3.63) is 46.5 Å². The molecule has 0 saturated heterocycles. The highest BCUT2D eigenvalue weighted by atomic mass is 35.5. The summed E-state index contributed by atoms with van der Waals surface area (Å²) in [6, 6.07) is 4.48. The van der Waals surface area contributed by atoms with Gasteiger partial charge in [0.15, 0.2) is 0 Å². The summed E-state index contributed by atoms with van der Waals surface area (Å²) in [7, 11) is -3.67. The van der Waals surface area contributed by atoms with E-state index in [9.17, 15) is 8.42 Å². The van der Waals surface area contributed by atoms with Gasteiger partial charge < -0.3 is 4.98 Å². The van der Waals surface area contributed by atoms with E-state index in [-0.39, 0.29) is 21.5 Å². The van der Waals surface area contributed by atoms with Crippen molar-refractivity contribution >= 4 is 33.2 Å². The largest absolute Gasteiger partial charge is 0.348 e. The van der Waals surface area contributed by atoms with Gasteiger partial charge in [-0.05, 0) is 12.1 Å². The molecule has 0 radical (unpaired) electrons. The Balaban J connectivity index is 2.08. The highest BCUT2D eigenvalue weighted by molar-refractivity contribution is 7.89. The zero-order chi connectivity index (χ0) is 13.9. The van der Waals surface area contributed by atoms with Gasteiger partial charge in [-0.3, -0.25) is 0 Å². The van der Waals surface area contributed by atoms with Crippen LogP contribution >= 0.6 is 23.2 Å². The zero-order valence-corrected chi connectivity index (χ0v) is 12.1. The lowest BCUT2D eigenvalue weighted by molar-refractivity contribution is 0.581. The molecule has 1 aromatic carbocycles. The number of imidazole rings is 1. The topological polar surface area (TPSA) is 74.8 Å². The lowest BCUT2D eigenvalue weighted by Crippen LogP contribution is -2.26. The van der Waals surface area contributed by atoms with Crippen LogP contribution in [0.3, 0.4) is 0 Å². The van der Waals surface area contributed by atoms with Crippen LogP contribution < -0.4 is 4.72 Å². The molecular weight excluding hydrogens is 309 g/mol. The first-order valence-corrected chi connectivity index (χ1v) is 7.65. The van der Waals surface area contributed by atoms with Crippen LogP contribution in [-0.2, 0) is 16.4 Å². The molecule has 0 amide bonds. The van der Waals surface area contributed by atoms with Crippen LogP contribution in [0.5, 0.6) is 0 Å². The zero-order valence-electron chi connectivity index (χ0n) is 9.73. The van der Waals surface area contributed by atoms with Crippen molar-refractivity contribution in [2.45, 2.75) is 11.3 Å². The van der Waals surface area contributed by atoms with Crippen molar-refractivity contribution < 1.29 is 8.42 Å². The van der Waals surface area contributed by atoms with E-state index in [1.165, 1.54) is 24.5 Å². The predicted molar refractivity (Wildman–Crippen MR) is 73.9 cm³/mol. The summed E-state index contributed by atoms with van der Waals surface area (Å²) in [4.78, 5) is 6.72. The Kier molecular flexibility index (Phi) is 4.46. The number of nitrogens with one attached hydrogen (secondary N) is 2. The molecule has 8 heteroatoms. The second kappa shape index (κ2) is 5.92. The third-order valence-electron chi connectivity index (χ3n) is 2.45. The van der Waals surface area contributed by atoms with Gasteiger partial charge in [-0.15, -0.1) is 0 Å². The molecule has 0 saturated carbocycles. The fraction of sp³-hybridized carbons (Fsp3) is 0.182. The molecule has 0 aliphatic heterocycles. The first-order chi connectivity index (χ1) is 9.00. The lowest BCUT2D eigenvalue weighted by Gasteiger charge is -2.08. The molecule has 19 heavy (non-hydrogen) atoms. The normalized spacial score (nSPS) is 11.7. The summed E-state index contributed by atoms with van der Waals surface area (Å²) in [6.07, 6.45) is 3.69. The number of hydrogen-bond acceptors (Lipinski definition) is 3. The van der Waals surface area contributed by atoms with Crippen LogP contribution in [0.25, 0.3) is 0 Å². The quantitative estimate of drug-likeness (QED) is 0.887.